The smallest absolute Gasteiger partial charge is 0.254 e. The van der Waals surface area contributed by atoms with Crippen LogP contribution in [-0.2, 0) is 14.8 Å². The lowest BCUT2D eigenvalue weighted by Crippen LogP contribution is -2.50. The molecule has 0 unspecified atom stereocenters. The van der Waals surface area contributed by atoms with Crippen molar-refractivity contribution >= 4 is 22.1 Å². The molecule has 2 aromatic carbocycles. The van der Waals surface area contributed by atoms with Crippen molar-refractivity contribution in [1.82, 2.24) is 14.6 Å². The third kappa shape index (κ3) is 6.04. The van der Waals surface area contributed by atoms with Crippen molar-refractivity contribution in [3.63, 3.8) is 0 Å². The molecule has 1 heterocycles. The van der Waals surface area contributed by atoms with Gasteiger partial charge in [0, 0.05) is 37.8 Å². The number of nitrogens with zero attached hydrogens (tertiary/aromatic N) is 3. The minimum Gasteiger partial charge on any atom is -0.496 e. The Morgan fingerprint density at radius 1 is 0.971 bits per heavy atom. The number of piperazine rings is 1. The number of hydrazone groups is 1. The van der Waals surface area contributed by atoms with Gasteiger partial charge >= 0.3 is 0 Å². The van der Waals surface area contributed by atoms with E-state index < -0.39 is 10.0 Å². The maximum absolute atomic E-state index is 12.8. The van der Waals surface area contributed by atoms with Gasteiger partial charge in [-0.2, -0.15) is 9.41 Å². The van der Waals surface area contributed by atoms with E-state index in [4.69, 9.17) is 14.2 Å². The second-order valence-corrected chi connectivity index (χ2v) is 9.67. The summed E-state index contributed by atoms with van der Waals surface area (Å²) in [7, 11) is 1.04. The standard InChI is InChI=1S/C23H30N4O6S/c1-17-5-7-19(8-6-17)34(29,30)27-11-9-26(10-12-27)16-23(28)25-24-15-18-13-21(32-3)22(33-4)14-20(18)31-2/h5-8,13-15H,9-12,16H2,1-4H3,(H,25,28)/b24-15-. The lowest BCUT2D eigenvalue weighted by atomic mass is 10.2. The summed E-state index contributed by atoms with van der Waals surface area (Å²) in [6.45, 7) is 3.55. The van der Waals surface area contributed by atoms with Crippen molar-refractivity contribution in [2.24, 2.45) is 5.10 Å². The van der Waals surface area contributed by atoms with Crippen molar-refractivity contribution in [2.75, 3.05) is 54.1 Å². The minimum atomic E-state index is -3.54. The molecule has 0 atom stereocenters. The van der Waals surface area contributed by atoms with Crippen LogP contribution in [0.25, 0.3) is 0 Å². The molecule has 1 aliphatic heterocycles. The number of methoxy groups -OCH3 is 3. The molecule has 0 bridgehead atoms. The summed E-state index contributed by atoms with van der Waals surface area (Å²) >= 11 is 0. The Kier molecular flexibility index (Phi) is 8.48. The Morgan fingerprint density at radius 2 is 1.56 bits per heavy atom. The van der Waals surface area contributed by atoms with E-state index >= 15 is 0 Å². The Labute approximate surface area is 200 Å². The van der Waals surface area contributed by atoms with Crippen LogP contribution < -0.4 is 19.6 Å². The van der Waals surface area contributed by atoms with Gasteiger partial charge in [-0.3, -0.25) is 9.69 Å². The van der Waals surface area contributed by atoms with Crippen LogP contribution >= 0.6 is 0 Å². The number of hydrogen-bond acceptors (Lipinski definition) is 8. The summed E-state index contributed by atoms with van der Waals surface area (Å²) in [4.78, 5) is 14.5. The van der Waals surface area contributed by atoms with E-state index in [9.17, 15) is 13.2 Å². The van der Waals surface area contributed by atoms with Gasteiger partial charge < -0.3 is 14.2 Å². The van der Waals surface area contributed by atoms with E-state index in [0.29, 0.717) is 49.0 Å². The van der Waals surface area contributed by atoms with E-state index in [1.54, 1.807) is 36.4 Å². The molecule has 1 aliphatic rings. The summed E-state index contributed by atoms with van der Waals surface area (Å²) in [5.41, 5.74) is 4.11. The molecule has 0 aliphatic carbocycles. The molecule has 34 heavy (non-hydrogen) atoms. The monoisotopic (exact) mass is 490 g/mol. The second-order valence-electron chi connectivity index (χ2n) is 7.74. The molecule has 1 saturated heterocycles. The van der Waals surface area contributed by atoms with Gasteiger partial charge in [0.2, 0.25) is 10.0 Å². The average molecular weight is 491 g/mol. The topological polar surface area (TPSA) is 110 Å². The van der Waals surface area contributed by atoms with E-state index in [1.165, 1.54) is 31.8 Å². The van der Waals surface area contributed by atoms with Crippen LogP contribution in [0.5, 0.6) is 17.2 Å². The number of hydrogen-bond donors (Lipinski definition) is 1. The highest BCUT2D eigenvalue weighted by Crippen LogP contribution is 2.33. The summed E-state index contributed by atoms with van der Waals surface area (Å²) in [5, 5.41) is 4.01. The van der Waals surface area contributed by atoms with Crippen molar-refractivity contribution in [2.45, 2.75) is 11.8 Å². The fourth-order valence-electron chi connectivity index (χ4n) is 3.55. The third-order valence-electron chi connectivity index (χ3n) is 5.49. The molecule has 10 nitrogen and oxygen atoms in total. The Morgan fingerprint density at radius 3 is 2.15 bits per heavy atom. The van der Waals surface area contributed by atoms with Crippen LogP contribution in [-0.4, -0.2) is 83.8 Å². The van der Waals surface area contributed by atoms with Crippen LogP contribution in [0.4, 0.5) is 0 Å². The maximum atomic E-state index is 12.8. The van der Waals surface area contributed by atoms with Gasteiger partial charge in [-0.05, 0) is 25.1 Å². The highest BCUT2D eigenvalue weighted by atomic mass is 32.2. The van der Waals surface area contributed by atoms with Crippen molar-refractivity contribution in [3.05, 3.63) is 47.5 Å². The van der Waals surface area contributed by atoms with Crippen LogP contribution in [0.3, 0.4) is 0 Å². The highest BCUT2D eigenvalue weighted by Gasteiger charge is 2.29. The average Bonchev–Trinajstić information content (AvgIpc) is 2.84. The minimum absolute atomic E-state index is 0.110. The third-order valence-corrected chi connectivity index (χ3v) is 7.40. The van der Waals surface area contributed by atoms with Gasteiger partial charge in [0.25, 0.3) is 5.91 Å². The van der Waals surface area contributed by atoms with Crippen molar-refractivity contribution in [3.8, 4) is 17.2 Å². The molecule has 1 fully saturated rings. The predicted octanol–water partition coefficient (Wildman–Crippen LogP) is 1.48. The quantitative estimate of drug-likeness (QED) is 0.419. The van der Waals surface area contributed by atoms with E-state index in [-0.39, 0.29) is 17.3 Å². The number of sulfonamides is 1. The molecule has 1 N–H and O–H groups in total. The lowest BCUT2D eigenvalue weighted by Gasteiger charge is -2.33. The molecule has 184 valence electrons. The highest BCUT2D eigenvalue weighted by molar-refractivity contribution is 7.89. The number of aryl methyl sites for hydroxylation is 1. The zero-order valence-electron chi connectivity index (χ0n) is 19.8. The number of benzene rings is 2. The lowest BCUT2D eigenvalue weighted by molar-refractivity contribution is -0.122. The maximum Gasteiger partial charge on any atom is 0.254 e. The normalized spacial score (nSPS) is 15.3. The van der Waals surface area contributed by atoms with Gasteiger partial charge in [0.05, 0.1) is 39.0 Å². The van der Waals surface area contributed by atoms with Crippen LogP contribution in [0.2, 0.25) is 0 Å². The molecular weight excluding hydrogens is 460 g/mol. The number of rotatable bonds is 9. The van der Waals surface area contributed by atoms with Crippen LogP contribution in [0, 0.1) is 6.92 Å². The van der Waals surface area contributed by atoms with Gasteiger partial charge in [-0.25, -0.2) is 13.8 Å². The first kappa shape index (κ1) is 25.5. The number of carbonyl (C=O) groups excluding carboxylic acids is 1. The van der Waals surface area contributed by atoms with E-state index in [1.807, 2.05) is 11.8 Å². The fourth-order valence-corrected chi connectivity index (χ4v) is 4.98. The number of amides is 1. The van der Waals surface area contributed by atoms with Gasteiger partial charge in [0.15, 0.2) is 11.5 Å². The summed E-state index contributed by atoms with van der Waals surface area (Å²) in [6, 6.07) is 10.2. The number of nitrogens with one attached hydrogen (secondary N) is 1. The molecule has 0 spiro atoms. The fraction of sp³-hybridized carbons (Fsp3) is 0.391. The molecule has 0 aromatic heterocycles. The van der Waals surface area contributed by atoms with Crippen LogP contribution in [0.15, 0.2) is 46.4 Å². The molecular formula is C23H30N4O6S. The van der Waals surface area contributed by atoms with E-state index in [0.717, 1.165) is 5.56 Å². The number of ether oxygens (including phenoxy) is 3. The molecule has 11 heteroatoms. The largest absolute Gasteiger partial charge is 0.496 e. The zero-order chi connectivity index (χ0) is 24.7. The van der Waals surface area contributed by atoms with E-state index in [2.05, 4.69) is 10.5 Å². The van der Waals surface area contributed by atoms with Crippen LogP contribution in [0.1, 0.15) is 11.1 Å². The molecule has 0 radical (unpaired) electrons. The molecule has 0 saturated carbocycles. The first-order valence-corrected chi connectivity index (χ1v) is 12.1. The predicted molar refractivity (Wildman–Crippen MR) is 128 cm³/mol. The Bertz CT molecular complexity index is 1130. The van der Waals surface area contributed by atoms with Crippen molar-refractivity contribution in [1.29, 1.82) is 0 Å². The summed E-state index contributed by atoms with van der Waals surface area (Å²) < 4.78 is 43.0. The molecule has 2 aromatic rings. The Balaban J connectivity index is 1.53. The summed E-state index contributed by atoms with van der Waals surface area (Å²) in [5.74, 6) is 1.24. The van der Waals surface area contributed by atoms with Gasteiger partial charge in [0.1, 0.15) is 5.75 Å². The van der Waals surface area contributed by atoms with Gasteiger partial charge in [-0.15, -0.1) is 0 Å². The zero-order valence-corrected chi connectivity index (χ0v) is 20.6. The first-order valence-electron chi connectivity index (χ1n) is 10.7. The van der Waals surface area contributed by atoms with Crippen molar-refractivity contribution < 1.29 is 27.4 Å². The first-order chi connectivity index (χ1) is 16.3. The molecule has 3 rings (SSSR count). The van der Waals surface area contributed by atoms with Gasteiger partial charge in [-0.1, -0.05) is 17.7 Å². The second kappa shape index (κ2) is 11.3. The SMILES string of the molecule is COc1cc(OC)c(OC)cc1/C=N\NC(=O)CN1CCN(S(=O)(=O)c2ccc(C)cc2)CC1. The number of carbonyl (C=O) groups is 1. The Hall–Kier alpha value is -3.15. The molecule has 1 amide bonds. The summed E-state index contributed by atoms with van der Waals surface area (Å²) in [6.07, 6.45) is 1.46.